The summed E-state index contributed by atoms with van der Waals surface area (Å²) in [6, 6.07) is 31.0. The average molecular weight is 540 g/mol. The second kappa shape index (κ2) is 12.6. The van der Waals surface area contributed by atoms with Crippen molar-refractivity contribution in [3.05, 3.63) is 135 Å². The normalized spacial score (nSPS) is 13.0. The van der Waals surface area contributed by atoms with Crippen molar-refractivity contribution in [2.75, 3.05) is 39.0 Å². The van der Waals surface area contributed by atoms with Crippen LogP contribution in [0.3, 0.4) is 0 Å². The summed E-state index contributed by atoms with van der Waals surface area (Å²) in [6.45, 7) is 1.26. The highest BCUT2D eigenvalue weighted by molar-refractivity contribution is 5.96. The molecule has 0 aliphatic carbocycles. The van der Waals surface area contributed by atoms with Gasteiger partial charge in [0.2, 0.25) is 5.43 Å². The molecule has 0 saturated heterocycles. The zero-order valence-corrected chi connectivity index (χ0v) is 22.7. The topological polar surface area (TPSA) is 73.2 Å². The number of aromatic nitrogens is 1. The first-order valence-electron chi connectivity index (χ1n) is 13.2. The molecule has 8 heteroatoms. The summed E-state index contributed by atoms with van der Waals surface area (Å²) in [4.78, 5) is 29.2. The Bertz CT molecular complexity index is 1440. The summed E-state index contributed by atoms with van der Waals surface area (Å²) in [5.74, 6) is -0.285. The molecular formula is C32H33N3O5. The number of amides is 1. The van der Waals surface area contributed by atoms with Crippen molar-refractivity contribution in [1.82, 2.24) is 9.58 Å². The van der Waals surface area contributed by atoms with Gasteiger partial charge < -0.3 is 19.1 Å². The van der Waals surface area contributed by atoms with Crippen LogP contribution in [0.1, 0.15) is 38.9 Å². The van der Waals surface area contributed by atoms with E-state index in [1.165, 1.54) is 6.07 Å². The number of carbonyl (C=O) groups excluding carboxylic acids is 1. The Morgan fingerprint density at radius 2 is 1.38 bits per heavy atom. The Morgan fingerprint density at radius 1 is 0.775 bits per heavy atom. The fourth-order valence-electron chi connectivity index (χ4n) is 5.07. The second-order valence-corrected chi connectivity index (χ2v) is 9.56. The van der Waals surface area contributed by atoms with Crippen LogP contribution in [0.5, 0.6) is 5.75 Å². The smallest absolute Gasteiger partial charge is 0.277 e. The van der Waals surface area contributed by atoms with Gasteiger partial charge in [-0.1, -0.05) is 91.0 Å². The van der Waals surface area contributed by atoms with Crippen molar-refractivity contribution in [3.8, 4) is 5.75 Å². The van der Waals surface area contributed by atoms with E-state index >= 15 is 0 Å². The van der Waals surface area contributed by atoms with Gasteiger partial charge in [0, 0.05) is 26.8 Å². The number of carbonyl (C=O) groups is 1. The Morgan fingerprint density at radius 3 is 1.95 bits per heavy atom. The van der Waals surface area contributed by atoms with E-state index in [0.717, 1.165) is 16.7 Å². The number of fused-ring (bicyclic) bond motifs is 1. The van der Waals surface area contributed by atoms with E-state index in [2.05, 4.69) is 29.3 Å². The highest BCUT2D eigenvalue weighted by atomic mass is 16.5. The van der Waals surface area contributed by atoms with Gasteiger partial charge in [-0.2, -0.15) is 0 Å². The van der Waals surface area contributed by atoms with Crippen LogP contribution < -0.4 is 15.2 Å². The lowest BCUT2D eigenvalue weighted by Gasteiger charge is -2.45. The van der Waals surface area contributed by atoms with Crippen LogP contribution in [-0.4, -0.2) is 49.5 Å². The summed E-state index contributed by atoms with van der Waals surface area (Å²) in [7, 11) is 3.18. The van der Waals surface area contributed by atoms with Gasteiger partial charge in [-0.3, -0.25) is 14.6 Å². The number of rotatable bonds is 11. The number of pyridine rings is 1. The first-order valence-corrected chi connectivity index (χ1v) is 13.2. The third kappa shape index (κ3) is 5.64. The van der Waals surface area contributed by atoms with Crippen molar-refractivity contribution in [3.63, 3.8) is 0 Å². The molecule has 4 aromatic rings. The number of hydrogen-bond donors (Lipinski definition) is 0. The molecule has 1 aromatic heterocycles. The van der Waals surface area contributed by atoms with Crippen LogP contribution in [0.2, 0.25) is 0 Å². The van der Waals surface area contributed by atoms with Crippen LogP contribution in [0.25, 0.3) is 0 Å². The molecule has 1 aliphatic rings. The number of nitrogens with zero attached hydrogens (tertiary/aromatic N) is 3. The highest BCUT2D eigenvalue weighted by Gasteiger charge is 2.38. The summed E-state index contributed by atoms with van der Waals surface area (Å²) in [5.41, 5.74) is 3.33. The van der Waals surface area contributed by atoms with Crippen molar-refractivity contribution in [2.24, 2.45) is 0 Å². The van der Waals surface area contributed by atoms with Crippen molar-refractivity contribution in [2.45, 2.75) is 19.3 Å². The van der Waals surface area contributed by atoms with E-state index < -0.39 is 0 Å². The molecule has 0 atom stereocenters. The summed E-state index contributed by atoms with van der Waals surface area (Å²) in [6.07, 6.45) is 0. The summed E-state index contributed by atoms with van der Waals surface area (Å²) in [5, 5.41) is 2.10. The van der Waals surface area contributed by atoms with Gasteiger partial charge in [0.05, 0.1) is 24.9 Å². The average Bonchev–Trinajstić information content (AvgIpc) is 2.99. The molecule has 0 unspecified atom stereocenters. The molecule has 3 aromatic carbocycles. The Hall–Kier alpha value is -4.40. The number of methoxy groups -OCH3 is 2. The van der Waals surface area contributed by atoms with Gasteiger partial charge in [-0.25, -0.2) is 4.68 Å². The molecule has 1 aliphatic heterocycles. The van der Waals surface area contributed by atoms with Gasteiger partial charge in [-0.15, -0.1) is 0 Å². The van der Waals surface area contributed by atoms with Crippen LogP contribution >= 0.6 is 0 Å². The van der Waals surface area contributed by atoms with Crippen LogP contribution in [-0.2, 0) is 22.7 Å². The minimum absolute atomic E-state index is 0.0145. The summed E-state index contributed by atoms with van der Waals surface area (Å²) < 4.78 is 18.8. The van der Waals surface area contributed by atoms with Crippen molar-refractivity contribution >= 4 is 5.91 Å². The maximum atomic E-state index is 14.1. The van der Waals surface area contributed by atoms with Gasteiger partial charge in [0.15, 0.2) is 11.4 Å². The van der Waals surface area contributed by atoms with E-state index in [1.807, 2.05) is 71.4 Å². The molecule has 0 N–H and O–H groups in total. The first-order chi connectivity index (χ1) is 19.6. The third-order valence-electron chi connectivity index (χ3n) is 6.89. The molecule has 0 spiro atoms. The quantitative estimate of drug-likeness (QED) is 0.282. The lowest BCUT2D eigenvalue weighted by molar-refractivity contribution is 0.0602. The van der Waals surface area contributed by atoms with E-state index in [1.54, 1.807) is 19.1 Å². The van der Waals surface area contributed by atoms with E-state index in [4.69, 9.17) is 14.2 Å². The van der Waals surface area contributed by atoms with Crippen LogP contribution in [0.4, 0.5) is 0 Å². The predicted octanol–water partition coefficient (Wildman–Crippen LogP) is 4.36. The van der Waals surface area contributed by atoms with Crippen molar-refractivity contribution < 1.29 is 19.0 Å². The molecule has 2 heterocycles. The molecule has 0 saturated carbocycles. The minimum atomic E-state index is -0.368. The molecule has 5 rings (SSSR count). The fraction of sp³-hybridized carbons (Fsp3) is 0.250. The van der Waals surface area contributed by atoms with E-state index in [0.29, 0.717) is 18.8 Å². The molecule has 8 nitrogen and oxygen atoms in total. The van der Waals surface area contributed by atoms with Gasteiger partial charge >= 0.3 is 0 Å². The van der Waals surface area contributed by atoms with E-state index in [-0.39, 0.29) is 48.7 Å². The largest absolute Gasteiger partial charge is 0.482 e. The first kappa shape index (κ1) is 27.2. The highest BCUT2D eigenvalue weighted by Crippen LogP contribution is 2.33. The lowest BCUT2D eigenvalue weighted by atomic mass is 9.98. The maximum absolute atomic E-state index is 14.1. The fourth-order valence-corrected chi connectivity index (χ4v) is 5.07. The standard InChI is InChI=1S/C32H33N3O5/c1-38-19-18-33-23-34(29(25-14-8-4-9-15-25)26-16-10-5-11-17-26)35-27(22-39-2)20-28(36)31(30(35)32(33)37)40-21-24-12-6-3-7-13-24/h3-17,20,29H,18-19,21-23H2,1-2H3. The molecular weight excluding hydrogens is 506 g/mol. The van der Waals surface area contributed by atoms with Gasteiger partial charge in [0.25, 0.3) is 5.91 Å². The monoisotopic (exact) mass is 539 g/mol. The Labute approximate surface area is 233 Å². The third-order valence-corrected chi connectivity index (χ3v) is 6.89. The zero-order valence-electron chi connectivity index (χ0n) is 22.7. The minimum Gasteiger partial charge on any atom is -0.482 e. The zero-order chi connectivity index (χ0) is 27.9. The van der Waals surface area contributed by atoms with Crippen LogP contribution in [0, 0.1) is 0 Å². The SMILES string of the molecule is COCCN1CN(C(c2ccccc2)c2ccccc2)n2c(COC)cc(=O)c(OCc3ccccc3)c2C1=O. The number of benzene rings is 3. The van der Waals surface area contributed by atoms with Gasteiger partial charge in [-0.05, 0) is 16.7 Å². The van der Waals surface area contributed by atoms with Crippen LogP contribution in [0.15, 0.2) is 102 Å². The molecule has 206 valence electrons. The molecule has 0 fully saturated rings. The second-order valence-electron chi connectivity index (χ2n) is 9.56. The maximum Gasteiger partial charge on any atom is 0.277 e. The predicted molar refractivity (Wildman–Crippen MR) is 153 cm³/mol. The molecule has 40 heavy (non-hydrogen) atoms. The molecule has 0 radical (unpaired) electrons. The van der Waals surface area contributed by atoms with E-state index in [9.17, 15) is 9.59 Å². The molecule has 0 bridgehead atoms. The lowest BCUT2D eigenvalue weighted by Crippen LogP contribution is -2.57. The number of hydrogen-bond acceptors (Lipinski definition) is 6. The van der Waals surface area contributed by atoms with Gasteiger partial charge in [0.1, 0.15) is 13.3 Å². The van der Waals surface area contributed by atoms with Crippen molar-refractivity contribution in [1.29, 1.82) is 0 Å². The number of ether oxygens (including phenoxy) is 3. The Kier molecular flexibility index (Phi) is 8.59. The Balaban J connectivity index is 1.72. The molecule has 1 amide bonds. The summed E-state index contributed by atoms with van der Waals surface area (Å²) >= 11 is 0.